The van der Waals surface area contributed by atoms with Crippen molar-refractivity contribution in [2.45, 2.75) is 13.8 Å². The van der Waals surface area contributed by atoms with Gasteiger partial charge in [0.2, 0.25) is 5.91 Å². The summed E-state index contributed by atoms with van der Waals surface area (Å²) >= 11 is 0. The third-order valence-corrected chi connectivity index (χ3v) is 0.524. The van der Waals surface area contributed by atoms with Crippen LogP contribution in [0, 0.1) is 0 Å². The molecule has 0 aromatic heterocycles. The maximum Gasteiger partial charge on any atom is 0.222 e. The lowest BCUT2D eigenvalue weighted by Crippen LogP contribution is -2.17. The first kappa shape index (κ1) is 7.94. The molecule has 0 unspecified atom stereocenters. The molecule has 0 aliphatic heterocycles. The maximum absolute atomic E-state index is 10.1. The summed E-state index contributed by atoms with van der Waals surface area (Å²) in [5.41, 5.74) is 0. The molecule has 0 heterocycles. The number of oxime groups is 1. The molecule has 52 valence electrons. The molecule has 0 bridgehead atoms. The number of rotatable bonds is 3. The van der Waals surface area contributed by atoms with Crippen LogP contribution in [-0.2, 0) is 9.63 Å². The summed E-state index contributed by atoms with van der Waals surface area (Å²) in [4.78, 5) is 14.7. The molecule has 4 nitrogen and oxygen atoms in total. The van der Waals surface area contributed by atoms with Crippen LogP contribution in [0.5, 0.6) is 0 Å². The van der Waals surface area contributed by atoms with Gasteiger partial charge in [0.1, 0.15) is 12.9 Å². The Kier molecular flexibility index (Phi) is 4.49. The Morgan fingerprint density at radius 1 is 1.89 bits per heavy atom. The summed E-state index contributed by atoms with van der Waals surface area (Å²) in [5, 5.41) is 5.70. The van der Waals surface area contributed by atoms with Crippen LogP contribution in [0.25, 0.3) is 0 Å². The van der Waals surface area contributed by atoms with Gasteiger partial charge in [-0.15, -0.1) is 0 Å². The summed E-state index contributed by atoms with van der Waals surface area (Å²) in [6.07, 6.45) is 1.21. The zero-order valence-corrected chi connectivity index (χ0v) is 5.55. The van der Waals surface area contributed by atoms with Crippen molar-refractivity contribution >= 4 is 12.2 Å². The van der Waals surface area contributed by atoms with Gasteiger partial charge in [-0.05, 0) is 6.92 Å². The molecular formula is C5H10N2O2. The third-order valence-electron chi connectivity index (χ3n) is 0.524. The van der Waals surface area contributed by atoms with Crippen molar-refractivity contribution in [1.29, 1.82) is 0 Å². The number of hydrogen-bond donors (Lipinski definition) is 1. The van der Waals surface area contributed by atoms with E-state index in [0.717, 1.165) is 0 Å². The molecule has 0 aliphatic rings. The van der Waals surface area contributed by atoms with Crippen LogP contribution in [0.1, 0.15) is 13.8 Å². The van der Waals surface area contributed by atoms with Crippen LogP contribution < -0.4 is 5.32 Å². The molecule has 0 aliphatic carbocycles. The fourth-order valence-electron chi connectivity index (χ4n) is 0.229. The predicted octanol–water partition coefficient (Wildman–Crippen LogP) is 0.102. The molecule has 0 fully saturated rings. The minimum Gasteiger partial charge on any atom is -0.395 e. The second-order valence-corrected chi connectivity index (χ2v) is 1.35. The van der Waals surface area contributed by atoms with Crippen LogP contribution >= 0.6 is 0 Å². The molecule has 9 heavy (non-hydrogen) atoms. The van der Waals surface area contributed by atoms with Crippen LogP contribution in [-0.4, -0.2) is 18.9 Å². The van der Waals surface area contributed by atoms with Crippen molar-refractivity contribution in [3.63, 3.8) is 0 Å². The highest BCUT2D eigenvalue weighted by Crippen LogP contribution is 1.68. The number of nitrogens with one attached hydrogen (secondary N) is 1. The first-order valence-electron chi connectivity index (χ1n) is 2.68. The minimum atomic E-state index is -0.154. The van der Waals surface area contributed by atoms with E-state index in [2.05, 4.69) is 15.3 Å². The lowest BCUT2D eigenvalue weighted by atomic mass is 10.7. The number of carbonyl (C=O) groups excluding carboxylic acids is 1. The van der Waals surface area contributed by atoms with Crippen molar-refractivity contribution in [2.24, 2.45) is 5.16 Å². The molecule has 0 saturated carbocycles. The van der Waals surface area contributed by atoms with Crippen LogP contribution in [0.15, 0.2) is 5.16 Å². The molecule has 1 amide bonds. The quantitative estimate of drug-likeness (QED) is 0.334. The van der Waals surface area contributed by atoms with Crippen molar-refractivity contribution < 1.29 is 9.63 Å². The van der Waals surface area contributed by atoms with E-state index in [1.54, 1.807) is 0 Å². The molecule has 0 aromatic rings. The van der Waals surface area contributed by atoms with E-state index in [4.69, 9.17) is 0 Å². The summed E-state index contributed by atoms with van der Waals surface area (Å²) < 4.78 is 0. The molecular weight excluding hydrogens is 120 g/mol. The van der Waals surface area contributed by atoms with E-state index in [1.165, 1.54) is 13.3 Å². The molecule has 0 saturated heterocycles. The van der Waals surface area contributed by atoms with Gasteiger partial charge in [0, 0.05) is 6.92 Å². The zero-order chi connectivity index (χ0) is 7.11. The van der Waals surface area contributed by atoms with E-state index in [9.17, 15) is 4.79 Å². The van der Waals surface area contributed by atoms with Gasteiger partial charge >= 0.3 is 0 Å². The van der Waals surface area contributed by atoms with E-state index in [1.807, 2.05) is 6.92 Å². The monoisotopic (exact) mass is 130 g/mol. The Labute approximate surface area is 53.9 Å². The third kappa shape index (κ3) is 6.94. The lowest BCUT2D eigenvalue weighted by molar-refractivity contribution is -0.117. The van der Waals surface area contributed by atoms with Crippen molar-refractivity contribution in [2.75, 3.05) is 6.61 Å². The Morgan fingerprint density at radius 3 is 3.00 bits per heavy atom. The van der Waals surface area contributed by atoms with Gasteiger partial charge < -0.3 is 10.2 Å². The van der Waals surface area contributed by atoms with Gasteiger partial charge in [0.05, 0.1) is 0 Å². The molecule has 1 N–H and O–H groups in total. The minimum absolute atomic E-state index is 0.154. The van der Waals surface area contributed by atoms with Crippen molar-refractivity contribution in [3.8, 4) is 0 Å². The SMILES string of the molecule is CCO/N=C/NC(C)=O. The fraction of sp³-hybridized carbons (Fsp3) is 0.600. The highest BCUT2D eigenvalue weighted by molar-refractivity contribution is 5.85. The standard InChI is InChI=1S/C5H10N2O2/c1-3-9-7-4-6-5(2)8/h4H,3H2,1-2H3,(H,6,7,8). The predicted molar refractivity (Wildman–Crippen MR) is 33.9 cm³/mol. The van der Waals surface area contributed by atoms with E-state index in [0.29, 0.717) is 6.61 Å². The number of amides is 1. The normalized spacial score (nSPS) is 9.56. The summed E-state index contributed by atoms with van der Waals surface area (Å²) in [5.74, 6) is -0.154. The number of carbonyl (C=O) groups is 1. The molecule has 0 rings (SSSR count). The molecule has 0 radical (unpaired) electrons. The molecule has 0 aromatic carbocycles. The van der Waals surface area contributed by atoms with Crippen molar-refractivity contribution in [1.82, 2.24) is 5.32 Å². The van der Waals surface area contributed by atoms with Gasteiger partial charge in [-0.25, -0.2) is 0 Å². The average molecular weight is 130 g/mol. The van der Waals surface area contributed by atoms with Crippen LogP contribution in [0.2, 0.25) is 0 Å². The smallest absolute Gasteiger partial charge is 0.222 e. The van der Waals surface area contributed by atoms with Gasteiger partial charge in [0.15, 0.2) is 0 Å². The maximum atomic E-state index is 10.1. The molecule has 4 heteroatoms. The second kappa shape index (κ2) is 5.08. The Balaban J connectivity index is 3.14. The van der Waals surface area contributed by atoms with Crippen molar-refractivity contribution in [3.05, 3.63) is 0 Å². The van der Waals surface area contributed by atoms with Gasteiger partial charge in [0.25, 0.3) is 0 Å². The van der Waals surface area contributed by atoms with Crippen LogP contribution in [0.4, 0.5) is 0 Å². The van der Waals surface area contributed by atoms with E-state index in [-0.39, 0.29) is 5.91 Å². The Hall–Kier alpha value is -1.06. The van der Waals surface area contributed by atoms with E-state index >= 15 is 0 Å². The van der Waals surface area contributed by atoms with E-state index < -0.39 is 0 Å². The average Bonchev–Trinajstić information content (AvgIpc) is 1.80. The Morgan fingerprint density at radius 2 is 2.56 bits per heavy atom. The van der Waals surface area contributed by atoms with Crippen LogP contribution in [0.3, 0.4) is 0 Å². The highest BCUT2D eigenvalue weighted by Gasteiger charge is 1.80. The molecule has 0 spiro atoms. The first-order valence-corrected chi connectivity index (χ1v) is 2.68. The second-order valence-electron chi connectivity index (χ2n) is 1.35. The summed E-state index contributed by atoms with van der Waals surface area (Å²) in [7, 11) is 0. The fourth-order valence-corrected chi connectivity index (χ4v) is 0.229. The summed E-state index contributed by atoms with van der Waals surface area (Å²) in [6.45, 7) is 3.72. The van der Waals surface area contributed by atoms with Gasteiger partial charge in [-0.2, -0.15) is 0 Å². The Bertz CT molecular complexity index is 112. The van der Waals surface area contributed by atoms with Gasteiger partial charge in [-0.3, -0.25) is 4.79 Å². The lowest BCUT2D eigenvalue weighted by Gasteiger charge is -1.90. The van der Waals surface area contributed by atoms with Gasteiger partial charge in [-0.1, -0.05) is 5.16 Å². The highest BCUT2D eigenvalue weighted by atomic mass is 16.6. The topological polar surface area (TPSA) is 50.7 Å². The largest absolute Gasteiger partial charge is 0.395 e. The number of nitrogens with zero attached hydrogens (tertiary/aromatic N) is 1. The summed E-state index contributed by atoms with van der Waals surface area (Å²) in [6, 6.07) is 0. The first-order chi connectivity index (χ1) is 4.27. The zero-order valence-electron chi connectivity index (χ0n) is 5.55. The molecule has 0 atom stereocenters. The number of hydrogen-bond acceptors (Lipinski definition) is 3.